The molecule has 0 saturated heterocycles. The van der Waals surface area contributed by atoms with Crippen molar-refractivity contribution in [1.82, 2.24) is 9.78 Å². The monoisotopic (exact) mass is 218 g/mol. The SMILES string of the molecule is CCn1cc(C=O)c(-c2ccc(F)cc2)n1. The number of aromatic nitrogens is 2. The number of carbonyl (C=O) groups excluding carboxylic acids is 1. The topological polar surface area (TPSA) is 34.9 Å². The number of nitrogens with zero attached hydrogens (tertiary/aromatic N) is 2. The lowest BCUT2D eigenvalue weighted by atomic mass is 10.1. The molecule has 3 nitrogen and oxygen atoms in total. The van der Waals surface area contributed by atoms with Crippen molar-refractivity contribution in [3.8, 4) is 11.3 Å². The molecule has 2 aromatic rings. The van der Waals surface area contributed by atoms with Gasteiger partial charge >= 0.3 is 0 Å². The molecule has 1 heterocycles. The quantitative estimate of drug-likeness (QED) is 0.742. The van der Waals surface area contributed by atoms with Crippen LogP contribution in [0, 0.1) is 5.82 Å². The highest BCUT2D eigenvalue weighted by molar-refractivity contribution is 5.85. The molecule has 1 aromatic heterocycles. The first kappa shape index (κ1) is 10.5. The summed E-state index contributed by atoms with van der Waals surface area (Å²) in [7, 11) is 0. The molecule has 82 valence electrons. The van der Waals surface area contributed by atoms with Gasteiger partial charge < -0.3 is 0 Å². The van der Waals surface area contributed by atoms with Crippen LogP contribution in [0.4, 0.5) is 4.39 Å². The normalized spacial score (nSPS) is 10.4. The third kappa shape index (κ3) is 1.86. The Morgan fingerprint density at radius 3 is 2.62 bits per heavy atom. The lowest BCUT2D eigenvalue weighted by molar-refractivity contribution is 0.112. The Bertz CT molecular complexity index is 502. The van der Waals surface area contributed by atoms with E-state index in [2.05, 4.69) is 5.10 Å². The second-order valence-electron chi connectivity index (χ2n) is 3.41. The second kappa shape index (κ2) is 4.26. The summed E-state index contributed by atoms with van der Waals surface area (Å²) < 4.78 is 14.4. The molecule has 1 aromatic carbocycles. The molecule has 0 radical (unpaired) electrons. The minimum Gasteiger partial charge on any atom is -0.298 e. The van der Waals surface area contributed by atoms with E-state index in [4.69, 9.17) is 0 Å². The second-order valence-corrected chi connectivity index (χ2v) is 3.41. The Balaban J connectivity index is 2.49. The van der Waals surface area contributed by atoms with Crippen molar-refractivity contribution in [3.05, 3.63) is 41.8 Å². The van der Waals surface area contributed by atoms with Crippen molar-refractivity contribution in [2.75, 3.05) is 0 Å². The Hall–Kier alpha value is -1.97. The molecule has 0 atom stereocenters. The van der Waals surface area contributed by atoms with Crippen LogP contribution in [0.5, 0.6) is 0 Å². The van der Waals surface area contributed by atoms with Gasteiger partial charge in [-0.25, -0.2) is 4.39 Å². The van der Waals surface area contributed by atoms with Gasteiger partial charge in [0, 0.05) is 18.3 Å². The zero-order valence-electron chi connectivity index (χ0n) is 8.85. The van der Waals surface area contributed by atoms with Gasteiger partial charge in [-0.3, -0.25) is 9.48 Å². The van der Waals surface area contributed by atoms with Crippen LogP contribution in [-0.2, 0) is 6.54 Å². The third-order valence-corrected chi connectivity index (χ3v) is 2.36. The summed E-state index contributed by atoms with van der Waals surface area (Å²) in [6, 6.07) is 5.94. The van der Waals surface area contributed by atoms with Gasteiger partial charge in [-0.05, 0) is 31.2 Å². The molecule has 0 saturated carbocycles. The fourth-order valence-electron chi connectivity index (χ4n) is 1.52. The van der Waals surface area contributed by atoms with Gasteiger partial charge in [0.2, 0.25) is 0 Å². The third-order valence-electron chi connectivity index (χ3n) is 2.36. The van der Waals surface area contributed by atoms with E-state index in [1.54, 1.807) is 23.0 Å². The zero-order valence-corrected chi connectivity index (χ0v) is 8.85. The molecule has 2 rings (SSSR count). The molecular weight excluding hydrogens is 207 g/mol. The highest BCUT2D eigenvalue weighted by Gasteiger charge is 2.09. The molecule has 0 fully saturated rings. The summed E-state index contributed by atoms with van der Waals surface area (Å²) in [5.74, 6) is -0.300. The first-order valence-electron chi connectivity index (χ1n) is 5.03. The highest BCUT2D eigenvalue weighted by Crippen LogP contribution is 2.21. The standard InChI is InChI=1S/C12H11FN2O/c1-2-15-7-10(8-16)12(14-15)9-3-5-11(13)6-4-9/h3-8H,2H2,1H3. The molecule has 16 heavy (non-hydrogen) atoms. The molecule has 0 aliphatic heterocycles. The van der Waals surface area contributed by atoms with Crippen LogP contribution in [0.1, 0.15) is 17.3 Å². The van der Waals surface area contributed by atoms with Gasteiger partial charge in [0.1, 0.15) is 11.5 Å². The molecular formula is C12H11FN2O. The number of rotatable bonds is 3. The molecule has 0 bridgehead atoms. The Kier molecular flexibility index (Phi) is 2.81. The summed E-state index contributed by atoms with van der Waals surface area (Å²) in [6.07, 6.45) is 2.45. The number of hydrogen-bond donors (Lipinski definition) is 0. The fourth-order valence-corrected chi connectivity index (χ4v) is 1.52. The van der Waals surface area contributed by atoms with Crippen LogP contribution < -0.4 is 0 Å². The van der Waals surface area contributed by atoms with E-state index < -0.39 is 0 Å². The van der Waals surface area contributed by atoms with Gasteiger partial charge in [0.25, 0.3) is 0 Å². The average Bonchev–Trinajstić information content (AvgIpc) is 2.73. The minimum atomic E-state index is -0.300. The Labute approximate surface area is 92.5 Å². The van der Waals surface area contributed by atoms with Gasteiger partial charge in [-0.15, -0.1) is 0 Å². The molecule has 0 spiro atoms. The molecule has 0 N–H and O–H groups in total. The van der Waals surface area contributed by atoms with Crippen LogP contribution in [0.25, 0.3) is 11.3 Å². The largest absolute Gasteiger partial charge is 0.298 e. The highest BCUT2D eigenvalue weighted by atomic mass is 19.1. The lowest BCUT2D eigenvalue weighted by Gasteiger charge is -1.97. The van der Waals surface area contributed by atoms with Crippen LogP contribution >= 0.6 is 0 Å². The minimum absolute atomic E-state index is 0.300. The van der Waals surface area contributed by atoms with E-state index in [-0.39, 0.29) is 5.82 Å². The Morgan fingerprint density at radius 1 is 1.38 bits per heavy atom. The predicted octanol–water partition coefficient (Wildman–Crippen LogP) is 2.52. The van der Waals surface area contributed by atoms with Gasteiger partial charge in [-0.2, -0.15) is 5.10 Å². The molecule has 4 heteroatoms. The first-order valence-corrected chi connectivity index (χ1v) is 5.03. The maximum atomic E-state index is 12.8. The number of carbonyl (C=O) groups is 1. The predicted molar refractivity (Wildman–Crippen MR) is 58.7 cm³/mol. The van der Waals surface area contributed by atoms with E-state index in [1.807, 2.05) is 6.92 Å². The van der Waals surface area contributed by atoms with Crippen LogP contribution in [0.15, 0.2) is 30.5 Å². The summed E-state index contributed by atoms with van der Waals surface area (Å²) in [4.78, 5) is 10.9. The number of halogens is 1. The zero-order chi connectivity index (χ0) is 11.5. The van der Waals surface area contributed by atoms with Crippen molar-refractivity contribution >= 4 is 6.29 Å². The van der Waals surface area contributed by atoms with Crippen LogP contribution in [-0.4, -0.2) is 16.1 Å². The van der Waals surface area contributed by atoms with Crippen molar-refractivity contribution in [2.24, 2.45) is 0 Å². The Morgan fingerprint density at radius 2 is 2.06 bits per heavy atom. The molecule has 0 amide bonds. The summed E-state index contributed by atoms with van der Waals surface area (Å²) >= 11 is 0. The van der Waals surface area contributed by atoms with Crippen molar-refractivity contribution < 1.29 is 9.18 Å². The maximum absolute atomic E-state index is 12.8. The molecule has 0 aliphatic rings. The van der Waals surface area contributed by atoms with Crippen molar-refractivity contribution in [3.63, 3.8) is 0 Å². The van der Waals surface area contributed by atoms with Crippen LogP contribution in [0.2, 0.25) is 0 Å². The van der Waals surface area contributed by atoms with Gasteiger partial charge in [0.05, 0.1) is 5.56 Å². The fraction of sp³-hybridized carbons (Fsp3) is 0.167. The first-order chi connectivity index (χ1) is 7.74. The molecule has 0 unspecified atom stereocenters. The van der Waals surface area contributed by atoms with E-state index in [0.29, 0.717) is 17.8 Å². The van der Waals surface area contributed by atoms with E-state index in [1.165, 1.54) is 12.1 Å². The summed E-state index contributed by atoms with van der Waals surface area (Å²) in [5, 5.41) is 4.26. The molecule has 0 aliphatic carbocycles. The summed E-state index contributed by atoms with van der Waals surface area (Å²) in [5.41, 5.74) is 1.86. The van der Waals surface area contributed by atoms with Crippen molar-refractivity contribution in [1.29, 1.82) is 0 Å². The number of aryl methyl sites for hydroxylation is 1. The summed E-state index contributed by atoms with van der Waals surface area (Å²) in [6.45, 7) is 2.64. The van der Waals surface area contributed by atoms with E-state index >= 15 is 0 Å². The average molecular weight is 218 g/mol. The van der Waals surface area contributed by atoms with Crippen molar-refractivity contribution in [2.45, 2.75) is 13.5 Å². The van der Waals surface area contributed by atoms with E-state index in [0.717, 1.165) is 11.8 Å². The smallest absolute Gasteiger partial charge is 0.153 e. The van der Waals surface area contributed by atoms with E-state index in [9.17, 15) is 9.18 Å². The van der Waals surface area contributed by atoms with Gasteiger partial charge in [-0.1, -0.05) is 0 Å². The van der Waals surface area contributed by atoms with Crippen LogP contribution in [0.3, 0.4) is 0 Å². The number of aldehydes is 1. The van der Waals surface area contributed by atoms with Gasteiger partial charge in [0.15, 0.2) is 6.29 Å². The maximum Gasteiger partial charge on any atom is 0.153 e. The number of hydrogen-bond acceptors (Lipinski definition) is 2. The number of benzene rings is 1. The lowest BCUT2D eigenvalue weighted by Crippen LogP contribution is -1.93.